The van der Waals surface area contributed by atoms with Crippen LogP contribution in [-0.2, 0) is 20.4 Å². The summed E-state index contributed by atoms with van der Waals surface area (Å²) in [5.41, 5.74) is 0.0228. The molecule has 0 spiro atoms. The van der Waals surface area contributed by atoms with Gasteiger partial charge in [-0.1, -0.05) is 11.8 Å². The highest BCUT2D eigenvalue weighted by molar-refractivity contribution is 8.23. The summed E-state index contributed by atoms with van der Waals surface area (Å²) in [7, 11) is -0.819. The summed E-state index contributed by atoms with van der Waals surface area (Å²) in [6, 6.07) is 0. The Morgan fingerprint density at radius 1 is 1.57 bits per heavy atom. The Labute approximate surface area is 132 Å². The van der Waals surface area contributed by atoms with Gasteiger partial charge in [0.2, 0.25) is 5.91 Å². The van der Waals surface area contributed by atoms with Crippen molar-refractivity contribution < 1.29 is 24.0 Å². The number of fused-ring (bicyclic) bond motifs is 1. The van der Waals surface area contributed by atoms with Gasteiger partial charge >= 0.3 is 5.97 Å². The van der Waals surface area contributed by atoms with Crippen LogP contribution in [0.3, 0.4) is 0 Å². The van der Waals surface area contributed by atoms with Crippen LogP contribution in [0.1, 0.15) is 13.3 Å². The molecule has 1 amide bonds. The van der Waals surface area contributed by atoms with Gasteiger partial charge in [0.15, 0.2) is 5.70 Å². The smallest absolute Gasteiger partial charge is 0.354 e. The zero-order valence-corrected chi connectivity index (χ0v) is 13.7. The molecule has 0 bridgehead atoms. The van der Waals surface area contributed by atoms with E-state index in [1.165, 1.54) is 28.4 Å². The first-order valence-corrected chi connectivity index (χ1v) is 9.82. The first-order chi connectivity index (χ1) is 9.90. The van der Waals surface area contributed by atoms with Gasteiger partial charge < -0.3 is 10.2 Å². The molecular formula is C12H15NO5S3. The molecule has 21 heavy (non-hydrogen) atoms. The van der Waals surface area contributed by atoms with E-state index < -0.39 is 28.8 Å². The van der Waals surface area contributed by atoms with Crippen molar-refractivity contribution in [3.8, 4) is 0 Å². The molecule has 3 rings (SSSR count). The summed E-state index contributed by atoms with van der Waals surface area (Å²) in [4.78, 5) is 24.8. The molecule has 0 aromatic carbocycles. The number of carbonyl (C=O) groups excluding carboxylic acids is 1. The van der Waals surface area contributed by atoms with Gasteiger partial charge in [0.1, 0.15) is 5.37 Å². The van der Waals surface area contributed by atoms with Crippen molar-refractivity contribution in [3.05, 3.63) is 9.93 Å². The fraction of sp³-hybridized carbons (Fsp3) is 0.667. The number of carboxylic acid groups (broad SMARTS) is 1. The zero-order valence-electron chi connectivity index (χ0n) is 11.2. The molecule has 0 aliphatic carbocycles. The first-order valence-electron chi connectivity index (χ1n) is 6.57. The topological polar surface area (TPSA) is 94.9 Å². The van der Waals surface area contributed by atoms with E-state index in [1.54, 1.807) is 6.92 Å². The summed E-state index contributed by atoms with van der Waals surface area (Å²) in [6.45, 7) is 1.55. The van der Waals surface area contributed by atoms with Gasteiger partial charge in [-0.2, -0.15) is 0 Å². The predicted octanol–water partition coefficient (Wildman–Crippen LogP) is 0.406. The molecule has 5 atom stereocenters. The quantitative estimate of drug-likeness (QED) is 0.710. The van der Waals surface area contributed by atoms with Crippen LogP contribution >= 0.6 is 23.5 Å². The normalized spacial score (nSPS) is 36.7. The van der Waals surface area contributed by atoms with E-state index in [4.69, 9.17) is 0 Å². The van der Waals surface area contributed by atoms with Crippen LogP contribution in [0.2, 0.25) is 0 Å². The van der Waals surface area contributed by atoms with Crippen molar-refractivity contribution in [2.24, 2.45) is 5.92 Å². The van der Waals surface area contributed by atoms with Gasteiger partial charge in [0.25, 0.3) is 0 Å². The molecule has 0 saturated carbocycles. The number of aliphatic carboxylic acids is 1. The van der Waals surface area contributed by atoms with Crippen LogP contribution in [-0.4, -0.2) is 59.4 Å². The highest BCUT2D eigenvalue weighted by Crippen LogP contribution is 2.55. The molecule has 0 aromatic rings. The van der Waals surface area contributed by atoms with Gasteiger partial charge in [-0.25, -0.2) is 4.79 Å². The standard InChI is InChI=1S/C12H15NO5S3/c1-5(14)7-9(15)13-8(11(16)17)12(20-10(7)13)19-6-2-3-21(18)4-6/h5-7,10,14H,2-4H2,1H3,(H,16,17)/t5-,6?,7+,10-,21?/m1/s1. The van der Waals surface area contributed by atoms with Crippen LogP contribution in [0.4, 0.5) is 0 Å². The Morgan fingerprint density at radius 3 is 2.81 bits per heavy atom. The number of nitrogens with zero attached hydrogens (tertiary/aromatic N) is 1. The van der Waals surface area contributed by atoms with Gasteiger partial charge in [-0.3, -0.25) is 13.9 Å². The molecule has 3 aliphatic rings. The lowest BCUT2D eigenvalue weighted by Crippen LogP contribution is -2.60. The molecule has 2 fully saturated rings. The third-order valence-corrected chi connectivity index (χ3v) is 8.33. The van der Waals surface area contributed by atoms with Crippen LogP contribution in [0.15, 0.2) is 9.93 Å². The highest BCUT2D eigenvalue weighted by atomic mass is 32.2. The van der Waals surface area contributed by atoms with Crippen molar-refractivity contribution in [1.29, 1.82) is 0 Å². The summed E-state index contributed by atoms with van der Waals surface area (Å²) < 4.78 is 12.0. The number of aliphatic hydroxyl groups excluding tert-OH is 1. The van der Waals surface area contributed by atoms with Gasteiger partial charge in [-0.15, -0.1) is 11.8 Å². The second kappa shape index (κ2) is 5.60. The van der Waals surface area contributed by atoms with E-state index in [9.17, 15) is 24.0 Å². The van der Waals surface area contributed by atoms with Crippen molar-refractivity contribution in [2.75, 3.05) is 11.5 Å². The summed E-state index contributed by atoms with van der Waals surface area (Å²) in [5, 5.41) is 18.8. The maximum Gasteiger partial charge on any atom is 0.354 e. The first kappa shape index (κ1) is 15.4. The van der Waals surface area contributed by atoms with Crippen LogP contribution in [0.25, 0.3) is 0 Å². The van der Waals surface area contributed by atoms with E-state index in [2.05, 4.69) is 0 Å². The second-order valence-electron chi connectivity index (χ2n) is 5.26. The van der Waals surface area contributed by atoms with Crippen LogP contribution in [0.5, 0.6) is 0 Å². The summed E-state index contributed by atoms with van der Waals surface area (Å²) in [5.74, 6) is -0.768. The van der Waals surface area contributed by atoms with Crippen LogP contribution < -0.4 is 0 Å². The maximum atomic E-state index is 12.0. The Hall–Kier alpha value is -0.510. The van der Waals surface area contributed by atoms with Crippen molar-refractivity contribution in [2.45, 2.75) is 30.1 Å². The minimum Gasteiger partial charge on any atom is -0.477 e. The van der Waals surface area contributed by atoms with Crippen molar-refractivity contribution in [3.63, 3.8) is 0 Å². The fourth-order valence-corrected chi connectivity index (χ4v) is 7.97. The lowest BCUT2D eigenvalue weighted by Gasteiger charge is -2.43. The minimum absolute atomic E-state index is 0.0228. The average Bonchev–Trinajstić information content (AvgIpc) is 2.91. The largest absolute Gasteiger partial charge is 0.477 e. The van der Waals surface area contributed by atoms with E-state index in [-0.39, 0.29) is 22.2 Å². The Kier molecular flexibility index (Phi) is 4.10. The number of thioether (sulfide) groups is 2. The Balaban J connectivity index is 1.81. The number of aliphatic hydroxyl groups is 1. The zero-order chi connectivity index (χ0) is 15.3. The lowest BCUT2D eigenvalue weighted by molar-refractivity contribution is -0.156. The van der Waals surface area contributed by atoms with E-state index >= 15 is 0 Å². The molecule has 2 unspecified atom stereocenters. The molecule has 9 heteroatoms. The fourth-order valence-electron chi connectivity index (χ4n) is 2.71. The minimum atomic E-state index is -1.12. The molecule has 0 radical (unpaired) electrons. The predicted molar refractivity (Wildman–Crippen MR) is 81.9 cm³/mol. The van der Waals surface area contributed by atoms with Gasteiger partial charge in [0, 0.05) is 27.6 Å². The molecule has 2 saturated heterocycles. The molecule has 116 valence electrons. The van der Waals surface area contributed by atoms with Crippen molar-refractivity contribution >= 4 is 46.2 Å². The third kappa shape index (κ3) is 2.54. The van der Waals surface area contributed by atoms with Gasteiger partial charge in [0.05, 0.1) is 16.3 Å². The summed E-state index contributed by atoms with van der Waals surface area (Å²) >= 11 is 2.74. The Bertz CT molecular complexity index is 561. The molecule has 6 nitrogen and oxygen atoms in total. The number of β-lactam (4-membered cyclic amide) rings is 1. The van der Waals surface area contributed by atoms with E-state index in [1.807, 2.05) is 0 Å². The number of carboxylic acids is 1. The second-order valence-corrected chi connectivity index (χ2v) is 9.58. The van der Waals surface area contributed by atoms with Crippen LogP contribution in [0, 0.1) is 5.92 Å². The highest BCUT2D eigenvalue weighted by Gasteiger charge is 2.58. The number of hydrogen-bond acceptors (Lipinski definition) is 6. The average molecular weight is 349 g/mol. The molecular weight excluding hydrogens is 334 g/mol. The maximum absolute atomic E-state index is 12.0. The summed E-state index contributed by atoms with van der Waals surface area (Å²) in [6.07, 6.45) is 0.0109. The Morgan fingerprint density at radius 2 is 2.29 bits per heavy atom. The molecule has 3 aliphatic heterocycles. The lowest BCUT2D eigenvalue weighted by atomic mass is 9.92. The van der Waals surface area contributed by atoms with Crippen molar-refractivity contribution in [1.82, 2.24) is 4.90 Å². The number of rotatable bonds is 4. The molecule has 0 aromatic heterocycles. The van der Waals surface area contributed by atoms with E-state index in [0.29, 0.717) is 15.7 Å². The SMILES string of the molecule is C[C@@H](O)[C@H]1C(=O)N2C(C(=O)O)=C(SC3CCS(=O)C3)S[C@H]12. The van der Waals surface area contributed by atoms with E-state index in [0.717, 1.165) is 6.42 Å². The number of hydrogen-bond donors (Lipinski definition) is 2. The monoisotopic (exact) mass is 349 g/mol. The third-order valence-electron chi connectivity index (χ3n) is 3.78. The number of amides is 1. The molecule has 2 N–H and O–H groups in total. The van der Waals surface area contributed by atoms with Gasteiger partial charge in [-0.05, 0) is 13.3 Å². The number of carbonyl (C=O) groups is 2. The molecule has 3 heterocycles.